The molecule has 0 N–H and O–H groups in total. The Morgan fingerprint density at radius 2 is 2.33 bits per heavy atom. The number of rotatable bonds is 3. The van der Waals surface area contributed by atoms with Gasteiger partial charge in [-0.25, -0.2) is 4.98 Å². The third-order valence-electron chi connectivity index (χ3n) is 1.63. The Bertz CT molecular complexity index is 267. The quantitative estimate of drug-likeness (QED) is 0.671. The van der Waals surface area contributed by atoms with Crippen LogP contribution in [0.15, 0.2) is 18.0 Å². The van der Waals surface area contributed by atoms with E-state index in [0.29, 0.717) is 0 Å². The van der Waals surface area contributed by atoms with Crippen LogP contribution in [0.4, 0.5) is 0 Å². The van der Waals surface area contributed by atoms with Gasteiger partial charge in [-0.05, 0) is 26.3 Å². The molecule has 0 saturated carbocycles. The van der Waals surface area contributed by atoms with E-state index in [0.717, 1.165) is 18.8 Å². The van der Waals surface area contributed by atoms with Crippen LogP contribution in [0.25, 0.3) is 6.08 Å². The highest BCUT2D eigenvalue weighted by Gasteiger charge is 1.96. The monoisotopic (exact) mass is 164 g/mol. The van der Waals surface area contributed by atoms with E-state index >= 15 is 0 Å². The lowest BCUT2D eigenvalue weighted by Crippen LogP contribution is -1.97. The summed E-state index contributed by atoms with van der Waals surface area (Å²) in [5.41, 5.74) is 1.29. The summed E-state index contributed by atoms with van der Waals surface area (Å²) in [7, 11) is 0. The predicted molar refractivity (Wildman–Crippen MR) is 51.8 cm³/mol. The molecule has 0 atom stereocenters. The number of allylic oxidation sites excluding steroid dienone is 1. The number of nitrogens with zero attached hydrogens (tertiary/aromatic N) is 2. The molecule has 0 aromatic carbocycles. The molecule has 0 aliphatic rings. The summed E-state index contributed by atoms with van der Waals surface area (Å²) < 4.78 is 2.17. The van der Waals surface area contributed by atoms with Crippen molar-refractivity contribution < 1.29 is 0 Å². The van der Waals surface area contributed by atoms with Crippen molar-refractivity contribution >= 4 is 6.08 Å². The molecule has 1 aromatic heterocycles. The van der Waals surface area contributed by atoms with E-state index in [-0.39, 0.29) is 0 Å². The minimum atomic E-state index is 1.05. The summed E-state index contributed by atoms with van der Waals surface area (Å²) in [4.78, 5) is 4.26. The second kappa shape index (κ2) is 4.10. The summed E-state index contributed by atoms with van der Waals surface area (Å²) in [6.07, 6.45) is 7.14. The third-order valence-corrected chi connectivity index (χ3v) is 1.63. The molecule has 0 fully saturated rings. The van der Waals surface area contributed by atoms with E-state index in [9.17, 15) is 0 Å². The second-order valence-electron chi connectivity index (χ2n) is 3.20. The van der Waals surface area contributed by atoms with Gasteiger partial charge in [-0.15, -0.1) is 0 Å². The highest BCUT2D eigenvalue weighted by atomic mass is 15.0. The summed E-state index contributed by atoms with van der Waals surface area (Å²) >= 11 is 0. The van der Waals surface area contributed by atoms with Gasteiger partial charge in [-0.1, -0.05) is 12.5 Å². The van der Waals surface area contributed by atoms with E-state index in [2.05, 4.69) is 36.4 Å². The van der Waals surface area contributed by atoms with Crippen molar-refractivity contribution in [2.45, 2.75) is 33.7 Å². The average molecular weight is 164 g/mol. The molecule has 0 unspecified atom stereocenters. The van der Waals surface area contributed by atoms with Crippen LogP contribution in [0.2, 0.25) is 0 Å². The number of imidazole rings is 1. The van der Waals surface area contributed by atoms with Gasteiger partial charge in [0.15, 0.2) is 0 Å². The molecule has 0 aliphatic heterocycles. The number of aryl methyl sites for hydroxylation is 1. The Balaban J connectivity index is 2.84. The number of aromatic nitrogens is 2. The molecule has 1 rings (SSSR count). The first-order chi connectivity index (χ1) is 5.74. The zero-order chi connectivity index (χ0) is 8.97. The Labute approximate surface area is 73.9 Å². The molecule has 1 aromatic rings. The molecule has 0 aliphatic carbocycles. The van der Waals surface area contributed by atoms with Gasteiger partial charge in [0, 0.05) is 18.9 Å². The van der Waals surface area contributed by atoms with Crippen molar-refractivity contribution in [2.75, 3.05) is 0 Å². The molecular weight excluding hydrogens is 148 g/mol. The topological polar surface area (TPSA) is 17.8 Å². The summed E-state index contributed by atoms with van der Waals surface area (Å²) in [5, 5.41) is 0. The molecule has 66 valence electrons. The van der Waals surface area contributed by atoms with Gasteiger partial charge in [0.2, 0.25) is 0 Å². The molecular formula is C10H16N2. The van der Waals surface area contributed by atoms with E-state index in [1.807, 2.05) is 12.4 Å². The van der Waals surface area contributed by atoms with Crippen molar-refractivity contribution in [1.29, 1.82) is 0 Å². The normalized spacial score (nSPS) is 9.92. The fourth-order valence-corrected chi connectivity index (χ4v) is 1.15. The van der Waals surface area contributed by atoms with Gasteiger partial charge < -0.3 is 4.57 Å². The van der Waals surface area contributed by atoms with E-state index in [1.165, 1.54) is 5.57 Å². The van der Waals surface area contributed by atoms with Gasteiger partial charge in [0.25, 0.3) is 0 Å². The van der Waals surface area contributed by atoms with Gasteiger partial charge in [-0.2, -0.15) is 0 Å². The third kappa shape index (κ3) is 2.22. The fraction of sp³-hybridized carbons (Fsp3) is 0.500. The van der Waals surface area contributed by atoms with Crippen molar-refractivity contribution in [3.8, 4) is 0 Å². The highest BCUT2D eigenvalue weighted by molar-refractivity contribution is 5.43. The highest BCUT2D eigenvalue weighted by Crippen LogP contribution is 2.04. The molecule has 0 bridgehead atoms. The number of hydrogen-bond acceptors (Lipinski definition) is 1. The lowest BCUT2D eigenvalue weighted by atomic mass is 10.3. The van der Waals surface area contributed by atoms with Crippen LogP contribution < -0.4 is 0 Å². The van der Waals surface area contributed by atoms with Crippen LogP contribution in [0.1, 0.15) is 33.0 Å². The van der Waals surface area contributed by atoms with Crippen LogP contribution in [0.5, 0.6) is 0 Å². The molecule has 1 heterocycles. The zero-order valence-electron chi connectivity index (χ0n) is 8.04. The van der Waals surface area contributed by atoms with Crippen LogP contribution >= 0.6 is 0 Å². The van der Waals surface area contributed by atoms with Crippen LogP contribution in [0.3, 0.4) is 0 Å². The summed E-state index contributed by atoms with van der Waals surface area (Å²) in [6.45, 7) is 7.40. The Morgan fingerprint density at radius 3 is 2.92 bits per heavy atom. The number of hydrogen-bond donors (Lipinski definition) is 0. The Hall–Kier alpha value is -1.05. The molecule has 0 amide bonds. The maximum Gasteiger partial charge on any atom is 0.132 e. The van der Waals surface area contributed by atoms with Gasteiger partial charge in [0.05, 0.1) is 0 Å². The van der Waals surface area contributed by atoms with Crippen LogP contribution in [-0.4, -0.2) is 9.55 Å². The van der Waals surface area contributed by atoms with Gasteiger partial charge >= 0.3 is 0 Å². The molecule has 2 nitrogen and oxygen atoms in total. The van der Waals surface area contributed by atoms with E-state index < -0.39 is 0 Å². The standard InChI is InChI=1S/C10H16N2/c1-4-6-12-7-5-11-10(12)8-9(2)3/h5,7-8H,4,6H2,1-3H3. The average Bonchev–Trinajstić information content (AvgIpc) is 2.37. The van der Waals surface area contributed by atoms with Crippen LogP contribution in [-0.2, 0) is 6.54 Å². The Morgan fingerprint density at radius 1 is 1.58 bits per heavy atom. The SMILES string of the molecule is CCCn1ccnc1C=C(C)C. The first-order valence-corrected chi connectivity index (χ1v) is 4.40. The fourth-order valence-electron chi connectivity index (χ4n) is 1.15. The molecule has 0 spiro atoms. The van der Waals surface area contributed by atoms with Crippen molar-refractivity contribution in [3.63, 3.8) is 0 Å². The summed E-state index contributed by atoms with van der Waals surface area (Å²) in [5.74, 6) is 1.07. The lowest BCUT2D eigenvalue weighted by molar-refractivity contribution is 0.672. The maximum atomic E-state index is 4.26. The predicted octanol–water partition coefficient (Wildman–Crippen LogP) is 2.72. The zero-order valence-corrected chi connectivity index (χ0v) is 8.04. The first-order valence-electron chi connectivity index (χ1n) is 4.40. The van der Waals surface area contributed by atoms with Crippen molar-refractivity contribution in [1.82, 2.24) is 9.55 Å². The largest absolute Gasteiger partial charge is 0.332 e. The molecule has 12 heavy (non-hydrogen) atoms. The van der Waals surface area contributed by atoms with Crippen molar-refractivity contribution in [2.24, 2.45) is 0 Å². The Kier molecular flexibility index (Phi) is 3.09. The van der Waals surface area contributed by atoms with E-state index in [4.69, 9.17) is 0 Å². The minimum absolute atomic E-state index is 1.05. The molecule has 0 saturated heterocycles. The second-order valence-corrected chi connectivity index (χ2v) is 3.20. The smallest absolute Gasteiger partial charge is 0.132 e. The van der Waals surface area contributed by atoms with E-state index in [1.54, 1.807) is 0 Å². The van der Waals surface area contributed by atoms with Crippen LogP contribution in [0, 0.1) is 0 Å². The van der Waals surface area contributed by atoms with Gasteiger partial charge in [0.1, 0.15) is 5.82 Å². The molecule has 0 radical (unpaired) electrons. The summed E-state index contributed by atoms with van der Waals surface area (Å²) in [6, 6.07) is 0. The first kappa shape index (κ1) is 9.04. The molecule has 2 heteroatoms. The van der Waals surface area contributed by atoms with Gasteiger partial charge in [-0.3, -0.25) is 0 Å². The maximum absolute atomic E-state index is 4.26. The minimum Gasteiger partial charge on any atom is -0.332 e. The lowest BCUT2D eigenvalue weighted by Gasteiger charge is -2.01. The van der Waals surface area contributed by atoms with Crippen molar-refractivity contribution in [3.05, 3.63) is 23.8 Å².